The summed E-state index contributed by atoms with van der Waals surface area (Å²) < 4.78 is 0. The lowest BCUT2D eigenvalue weighted by Crippen LogP contribution is -2.33. The molecule has 28 heavy (non-hydrogen) atoms. The van der Waals surface area contributed by atoms with Crippen LogP contribution in [-0.4, -0.2) is 20.0 Å². The van der Waals surface area contributed by atoms with Gasteiger partial charge in [-0.05, 0) is 50.9 Å². The van der Waals surface area contributed by atoms with Gasteiger partial charge in [0.25, 0.3) is 0 Å². The minimum absolute atomic E-state index is 0.0522. The third-order valence-electron chi connectivity index (χ3n) is 4.90. The Labute approximate surface area is 179 Å². The third-order valence-corrected chi connectivity index (χ3v) is 7.44. The highest BCUT2D eigenvalue weighted by molar-refractivity contribution is 8.00. The predicted octanol–water partition coefficient (Wildman–Crippen LogP) is 6.36. The maximum absolute atomic E-state index is 10.2. The second-order valence-electron chi connectivity index (χ2n) is 10.6. The lowest BCUT2D eigenvalue weighted by molar-refractivity contribution is 0.446. The van der Waals surface area contributed by atoms with Crippen LogP contribution in [0.2, 0.25) is 0 Å². The highest BCUT2D eigenvalue weighted by Gasteiger charge is 2.27. The largest absolute Gasteiger partial charge is 0.508 e. The van der Waals surface area contributed by atoms with Crippen LogP contribution in [0.1, 0.15) is 79.0 Å². The zero-order valence-corrected chi connectivity index (χ0v) is 20.8. The van der Waals surface area contributed by atoms with Crippen LogP contribution >= 0.6 is 11.8 Å². The lowest BCUT2D eigenvalue weighted by Gasteiger charge is -2.32. The fraction of sp³-hybridized carbons (Fsp3) is 0.520. The maximum atomic E-state index is 10.2. The Kier molecular flexibility index (Phi) is 6.82. The molecule has 1 nitrogen and oxygen atoms in total. The van der Waals surface area contributed by atoms with Gasteiger partial charge in [-0.2, -0.15) is 0 Å². The minimum Gasteiger partial charge on any atom is -0.508 e. The molecule has 0 saturated heterocycles. The lowest BCUT2D eigenvalue weighted by atomic mass is 9.75. The Balaban J connectivity index is 2.25. The number of hydrogen-bond donors (Lipinski definition) is 1. The van der Waals surface area contributed by atoms with Crippen molar-refractivity contribution in [3.05, 3.63) is 53.1 Å². The van der Waals surface area contributed by atoms with Gasteiger partial charge in [-0.15, -0.1) is 11.8 Å². The minimum atomic E-state index is -0.0522. The molecule has 3 heteroatoms. The SMILES string of the molecule is CC(C)(C)c1cc(SC[Si]c2cccc(C(C)(C)C)c2C(C)(C)C)ccc1O. The van der Waals surface area contributed by atoms with Gasteiger partial charge < -0.3 is 5.11 Å². The zero-order valence-electron chi connectivity index (χ0n) is 19.0. The van der Waals surface area contributed by atoms with Crippen LogP contribution in [0.5, 0.6) is 5.75 Å². The molecule has 0 atom stereocenters. The summed E-state index contributed by atoms with van der Waals surface area (Å²) in [6.07, 6.45) is 0. The van der Waals surface area contributed by atoms with Gasteiger partial charge in [-0.1, -0.05) is 85.7 Å². The van der Waals surface area contributed by atoms with Crippen LogP contribution in [-0.2, 0) is 16.2 Å². The summed E-state index contributed by atoms with van der Waals surface area (Å²) in [4.78, 5) is 1.24. The van der Waals surface area contributed by atoms with E-state index in [0.29, 0.717) is 5.75 Å². The number of phenolic OH excluding ortho intramolecular Hbond substituents is 1. The Morgan fingerprint density at radius 1 is 0.786 bits per heavy atom. The molecule has 0 aliphatic heterocycles. The van der Waals surface area contributed by atoms with Crippen molar-refractivity contribution in [1.82, 2.24) is 0 Å². The number of aromatic hydroxyl groups is 1. The van der Waals surface area contributed by atoms with E-state index < -0.39 is 0 Å². The second-order valence-corrected chi connectivity index (χ2v) is 13.4. The van der Waals surface area contributed by atoms with Crippen molar-refractivity contribution in [3.63, 3.8) is 0 Å². The van der Waals surface area contributed by atoms with Gasteiger partial charge in [-0.3, -0.25) is 0 Å². The van der Waals surface area contributed by atoms with Gasteiger partial charge in [0, 0.05) is 10.5 Å². The van der Waals surface area contributed by atoms with E-state index in [9.17, 15) is 5.11 Å². The molecule has 152 valence electrons. The zero-order chi connectivity index (χ0) is 21.3. The first-order chi connectivity index (χ1) is 12.7. The Hall–Kier alpha value is -1.19. The third kappa shape index (κ3) is 5.67. The van der Waals surface area contributed by atoms with Crippen molar-refractivity contribution < 1.29 is 5.11 Å². The van der Waals surface area contributed by atoms with E-state index in [-0.39, 0.29) is 16.2 Å². The normalized spacial score (nSPS) is 13.0. The molecule has 2 rings (SSSR count). The highest BCUT2D eigenvalue weighted by Crippen LogP contribution is 2.35. The van der Waals surface area contributed by atoms with Crippen molar-refractivity contribution in [1.29, 1.82) is 0 Å². The molecule has 1 N–H and O–H groups in total. The van der Waals surface area contributed by atoms with Crippen LogP contribution in [0.15, 0.2) is 41.3 Å². The Bertz CT molecular complexity index is 820. The van der Waals surface area contributed by atoms with E-state index in [0.717, 1.165) is 20.5 Å². The van der Waals surface area contributed by atoms with Crippen molar-refractivity contribution in [3.8, 4) is 5.75 Å². The van der Waals surface area contributed by atoms with E-state index in [1.54, 1.807) is 0 Å². The molecule has 0 amide bonds. The van der Waals surface area contributed by atoms with Crippen molar-refractivity contribution in [2.24, 2.45) is 0 Å². The van der Waals surface area contributed by atoms with Gasteiger partial charge in [0.05, 0.1) is 9.52 Å². The summed E-state index contributed by atoms with van der Waals surface area (Å²) in [6, 6.07) is 12.9. The van der Waals surface area contributed by atoms with Gasteiger partial charge in [0.15, 0.2) is 0 Å². The van der Waals surface area contributed by atoms with E-state index in [1.165, 1.54) is 21.2 Å². The maximum Gasteiger partial charge on any atom is 0.119 e. The van der Waals surface area contributed by atoms with E-state index in [4.69, 9.17) is 0 Å². The molecule has 0 unspecified atom stereocenters. The number of rotatable bonds is 4. The molecule has 0 heterocycles. The fourth-order valence-corrected chi connectivity index (χ4v) is 6.38. The van der Waals surface area contributed by atoms with Crippen LogP contribution in [0, 0.1) is 0 Å². The molecule has 2 aromatic rings. The Morgan fingerprint density at radius 2 is 1.39 bits per heavy atom. The summed E-state index contributed by atoms with van der Waals surface area (Å²) in [5, 5.41) is 12.7. The average Bonchev–Trinajstić information content (AvgIpc) is 2.53. The molecule has 2 radical (unpaired) electrons. The van der Waals surface area contributed by atoms with Crippen molar-refractivity contribution in [2.75, 3.05) is 5.38 Å². The Morgan fingerprint density at radius 3 is 1.93 bits per heavy atom. The number of benzene rings is 2. The summed E-state index contributed by atoms with van der Waals surface area (Å²) in [5.74, 6) is 0.396. The molecule has 0 aromatic heterocycles. The summed E-state index contributed by atoms with van der Waals surface area (Å²) >= 11 is 1.89. The first kappa shape index (κ1) is 23.1. The van der Waals surface area contributed by atoms with E-state index >= 15 is 0 Å². The van der Waals surface area contributed by atoms with Crippen molar-refractivity contribution >= 4 is 26.5 Å². The molecule has 0 spiro atoms. The highest BCUT2D eigenvalue weighted by atomic mass is 32.2. The van der Waals surface area contributed by atoms with E-state index in [2.05, 4.69) is 86.6 Å². The van der Waals surface area contributed by atoms with E-state index in [1.807, 2.05) is 23.9 Å². The van der Waals surface area contributed by atoms with Crippen molar-refractivity contribution in [2.45, 2.75) is 83.5 Å². The molecular weight excluding hydrogens is 376 g/mol. The molecule has 2 aromatic carbocycles. The fourth-order valence-electron chi connectivity index (χ4n) is 3.54. The second kappa shape index (κ2) is 8.28. The van der Waals surface area contributed by atoms with Crippen LogP contribution in [0.25, 0.3) is 0 Å². The summed E-state index contributed by atoms with van der Waals surface area (Å²) in [6.45, 7) is 20.3. The first-order valence-corrected chi connectivity index (χ1v) is 12.2. The van der Waals surface area contributed by atoms with Crippen LogP contribution < -0.4 is 5.19 Å². The topological polar surface area (TPSA) is 20.2 Å². The average molecular weight is 413 g/mol. The van der Waals surface area contributed by atoms with Gasteiger partial charge in [-0.25, -0.2) is 0 Å². The summed E-state index contributed by atoms with van der Waals surface area (Å²) in [7, 11) is 0.759. The first-order valence-electron chi connectivity index (χ1n) is 10.1. The monoisotopic (exact) mass is 412 g/mol. The molecule has 0 saturated carbocycles. The molecular formula is C25H36OSSi. The molecule has 0 fully saturated rings. The standard InChI is InChI=1S/C25H36OSSi/c1-23(2,3)18-11-10-12-21(22(18)25(7,8)9)28-16-27-17-13-14-20(26)19(15-17)24(4,5)6/h10-15,26H,16H2,1-9H3. The number of phenols is 1. The molecule has 0 aliphatic carbocycles. The van der Waals surface area contributed by atoms with Crippen LogP contribution in [0.4, 0.5) is 0 Å². The molecule has 0 aliphatic rings. The van der Waals surface area contributed by atoms with Gasteiger partial charge >= 0.3 is 0 Å². The van der Waals surface area contributed by atoms with Gasteiger partial charge in [0.1, 0.15) is 5.75 Å². The van der Waals surface area contributed by atoms with Crippen LogP contribution in [0.3, 0.4) is 0 Å². The quantitative estimate of drug-likeness (QED) is 0.465. The van der Waals surface area contributed by atoms with Gasteiger partial charge in [0.2, 0.25) is 0 Å². The smallest absolute Gasteiger partial charge is 0.119 e. The summed E-state index contributed by atoms with van der Waals surface area (Å²) in [5.41, 5.74) is 4.23. The predicted molar refractivity (Wildman–Crippen MR) is 127 cm³/mol. The number of thioether (sulfide) groups is 1. The number of hydrogen-bond acceptors (Lipinski definition) is 2. The molecule has 0 bridgehead atoms.